The van der Waals surface area contributed by atoms with E-state index in [1.54, 1.807) is 24.3 Å². The first-order valence-corrected chi connectivity index (χ1v) is 13.7. The molecule has 2 aromatic rings. The number of carbonyl (C=O) groups excluding carboxylic acids is 3. The maximum absolute atomic E-state index is 14.0. The highest BCUT2D eigenvalue weighted by Crippen LogP contribution is 2.60. The summed E-state index contributed by atoms with van der Waals surface area (Å²) < 4.78 is 6.49. The van der Waals surface area contributed by atoms with Gasteiger partial charge in [-0.2, -0.15) is 0 Å². The zero-order valence-electron chi connectivity index (χ0n) is 20.5. The van der Waals surface area contributed by atoms with Crippen LogP contribution in [-0.2, 0) is 19.1 Å². The fourth-order valence-electron chi connectivity index (χ4n) is 6.20. The molecular weight excluding hydrogens is 562 g/mol. The summed E-state index contributed by atoms with van der Waals surface area (Å²) >= 11 is 10.1. The predicted molar refractivity (Wildman–Crippen MR) is 144 cm³/mol. The van der Waals surface area contributed by atoms with E-state index in [2.05, 4.69) is 26.6 Å². The summed E-state index contributed by atoms with van der Waals surface area (Å²) in [7, 11) is 0. The van der Waals surface area contributed by atoms with Crippen molar-refractivity contribution in [1.29, 1.82) is 0 Å². The van der Waals surface area contributed by atoms with Gasteiger partial charge in [0.05, 0.1) is 41.3 Å². The number of para-hydroxylation sites is 2. The number of carbonyl (C=O) groups is 3. The molecule has 10 heteroatoms. The summed E-state index contributed by atoms with van der Waals surface area (Å²) in [6.07, 6.45) is 0.231. The smallest absolute Gasteiger partial charge is 0.250 e. The number of alkyl halides is 1. The highest BCUT2D eigenvalue weighted by molar-refractivity contribution is 9.09. The number of halogens is 2. The van der Waals surface area contributed by atoms with Crippen LogP contribution in [0, 0.1) is 18.8 Å². The second-order valence-corrected chi connectivity index (χ2v) is 11.5. The Morgan fingerprint density at radius 1 is 1.19 bits per heavy atom. The third kappa shape index (κ3) is 4.16. The van der Waals surface area contributed by atoms with E-state index >= 15 is 0 Å². The van der Waals surface area contributed by atoms with E-state index in [-0.39, 0.29) is 23.2 Å². The van der Waals surface area contributed by atoms with E-state index in [9.17, 15) is 19.5 Å². The Morgan fingerprint density at radius 3 is 2.57 bits per heavy atom. The maximum atomic E-state index is 14.0. The fourth-order valence-corrected chi connectivity index (χ4v) is 7.41. The van der Waals surface area contributed by atoms with Crippen LogP contribution in [0.5, 0.6) is 0 Å². The molecule has 2 aromatic carbocycles. The number of likely N-dealkylation sites (tertiary alicyclic amines) is 1. The van der Waals surface area contributed by atoms with E-state index in [0.29, 0.717) is 29.2 Å². The zero-order valence-corrected chi connectivity index (χ0v) is 22.8. The van der Waals surface area contributed by atoms with Crippen LogP contribution in [0.2, 0.25) is 5.02 Å². The Morgan fingerprint density at radius 2 is 1.92 bits per heavy atom. The quantitative estimate of drug-likeness (QED) is 0.426. The summed E-state index contributed by atoms with van der Waals surface area (Å²) in [6, 6.07) is 12.7. The first-order valence-electron chi connectivity index (χ1n) is 12.4. The van der Waals surface area contributed by atoms with Crippen LogP contribution < -0.4 is 10.6 Å². The van der Waals surface area contributed by atoms with Crippen molar-refractivity contribution in [2.75, 3.05) is 17.2 Å². The average molecular weight is 591 g/mol. The summed E-state index contributed by atoms with van der Waals surface area (Å²) in [5.41, 5.74) is 0.620. The third-order valence-corrected chi connectivity index (χ3v) is 9.02. The molecule has 3 saturated heterocycles. The minimum atomic E-state index is -1.23. The molecule has 3 heterocycles. The summed E-state index contributed by atoms with van der Waals surface area (Å²) in [5.74, 6) is -2.81. The lowest BCUT2D eigenvalue weighted by atomic mass is 9.70. The lowest BCUT2D eigenvalue weighted by Gasteiger charge is -2.36. The van der Waals surface area contributed by atoms with Crippen LogP contribution in [0.4, 0.5) is 11.4 Å². The van der Waals surface area contributed by atoms with E-state index in [0.717, 1.165) is 5.56 Å². The first-order chi connectivity index (χ1) is 17.7. The monoisotopic (exact) mass is 589 g/mol. The Hall–Kier alpha value is -2.46. The van der Waals surface area contributed by atoms with Gasteiger partial charge in [-0.15, -0.1) is 0 Å². The zero-order chi connectivity index (χ0) is 26.5. The molecule has 3 unspecified atom stereocenters. The first kappa shape index (κ1) is 26.2. The third-order valence-electron chi connectivity index (χ3n) is 7.87. The van der Waals surface area contributed by atoms with E-state index in [1.807, 2.05) is 38.1 Å². The molecule has 0 aliphatic carbocycles. The lowest BCUT2D eigenvalue weighted by molar-refractivity contribution is -0.143. The van der Waals surface area contributed by atoms with Crippen LogP contribution in [-0.4, -0.2) is 63.0 Å². The van der Waals surface area contributed by atoms with Crippen molar-refractivity contribution in [2.45, 2.75) is 55.3 Å². The second kappa shape index (κ2) is 10.0. The van der Waals surface area contributed by atoms with Crippen molar-refractivity contribution >= 4 is 56.6 Å². The van der Waals surface area contributed by atoms with Gasteiger partial charge in [0.15, 0.2) is 0 Å². The van der Waals surface area contributed by atoms with Gasteiger partial charge in [-0.25, -0.2) is 0 Å². The van der Waals surface area contributed by atoms with Gasteiger partial charge in [-0.1, -0.05) is 64.8 Å². The minimum absolute atomic E-state index is 0.227. The van der Waals surface area contributed by atoms with Gasteiger partial charge >= 0.3 is 0 Å². The summed E-state index contributed by atoms with van der Waals surface area (Å²) in [4.78, 5) is 42.8. The SMILES string of the molecule is CC[C@@H](CO)N1C(=O)[C@@H]2[C@@H](C(=O)Nc3ccccc3)[C@@H]3OC2(CC3Br)C1C(=O)Nc1c(C)cccc1Cl. The van der Waals surface area contributed by atoms with E-state index in [1.165, 1.54) is 4.90 Å². The number of aryl methyl sites for hydroxylation is 1. The second-order valence-electron chi connectivity index (χ2n) is 9.93. The molecule has 3 fully saturated rings. The average Bonchev–Trinajstić information content (AvgIpc) is 3.47. The van der Waals surface area contributed by atoms with Crippen molar-refractivity contribution in [1.82, 2.24) is 4.90 Å². The molecule has 196 valence electrons. The van der Waals surface area contributed by atoms with Gasteiger partial charge < -0.3 is 25.4 Å². The van der Waals surface area contributed by atoms with Crippen LogP contribution in [0.25, 0.3) is 0 Å². The van der Waals surface area contributed by atoms with Crippen LogP contribution >= 0.6 is 27.5 Å². The Balaban J connectivity index is 1.55. The topological polar surface area (TPSA) is 108 Å². The van der Waals surface area contributed by atoms with Gasteiger partial charge in [0, 0.05) is 10.5 Å². The number of aliphatic hydroxyl groups excluding tert-OH is 1. The van der Waals surface area contributed by atoms with Gasteiger partial charge in [-0.3, -0.25) is 14.4 Å². The van der Waals surface area contributed by atoms with Gasteiger partial charge in [0.1, 0.15) is 11.6 Å². The number of hydrogen-bond donors (Lipinski definition) is 3. The molecule has 0 radical (unpaired) electrons. The molecule has 0 saturated carbocycles. The number of nitrogens with one attached hydrogen (secondary N) is 2. The maximum Gasteiger partial charge on any atom is 0.250 e. The molecule has 3 aliphatic rings. The highest BCUT2D eigenvalue weighted by Gasteiger charge is 2.77. The largest absolute Gasteiger partial charge is 0.394 e. The van der Waals surface area contributed by atoms with E-state index < -0.39 is 41.5 Å². The number of ether oxygens (including phenoxy) is 1. The lowest BCUT2D eigenvalue weighted by Crippen LogP contribution is -2.56. The van der Waals surface area contributed by atoms with Crippen molar-refractivity contribution in [2.24, 2.45) is 11.8 Å². The van der Waals surface area contributed by atoms with Crippen LogP contribution in [0.3, 0.4) is 0 Å². The molecule has 5 rings (SSSR count). The molecule has 7 atom stereocenters. The number of rotatable bonds is 7. The molecule has 3 aliphatic heterocycles. The van der Waals surface area contributed by atoms with Crippen molar-refractivity contribution in [3.63, 3.8) is 0 Å². The number of anilines is 2. The van der Waals surface area contributed by atoms with Gasteiger partial charge in [0.25, 0.3) is 0 Å². The summed E-state index contributed by atoms with van der Waals surface area (Å²) in [5, 5.41) is 16.4. The number of nitrogens with zero attached hydrogens (tertiary/aromatic N) is 1. The number of amides is 3. The minimum Gasteiger partial charge on any atom is -0.394 e. The van der Waals surface area contributed by atoms with E-state index in [4.69, 9.17) is 16.3 Å². The fraction of sp³-hybridized carbons (Fsp3) is 0.444. The van der Waals surface area contributed by atoms with Crippen molar-refractivity contribution in [3.05, 3.63) is 59.1 Å². The number of benzene rings is 2. The van der Waals surface area contributed by atoms with Crippen LogP contribution in [0.15, 0.2) is 48.5 Å². The number of fused-ring (bicyclic) bond motifs is 1. The van der Waals surface area contributed by atoms with Gasteiger partial charge in [-0.05, 0) is 43.5 Å². The Bertz CT molecular complexity index is 1210. The standard InChI is InChI=1S/C27H29BrClN3O5/c1-3-16(13-33)32-23(25(35)31-21-14(2)8-7-11-18(21)29)27-12-17(28)22(37-27)19(20(27)26(32)36)24(34)30-15-9-5-4-6-10-15/h4-11,16-17,19-20,22-23,33H,3,12-13H2,1-2H3,(H,30,34)(H,31,35)/t16-,17?,19+,20-,22+,23?,27?/m0/s1. The Kier molecular flexibility index (Phi) is 7.08. The van der Waals surface area contributed by atoms with Gasteiger partial charge in [0.2, 0.25) is 17.7 Å². The van der Waals surface area contributed by atoms with Crippen molar-refractivity contribution in [3.8, 4) is 0 Å². The van der Waals surface area contributed by atoms with Crippen LogP contribution in [0.1, 0.15) is 25.3 Å². The molecule has 2 bridgehead atoms. The molecule has 37 heavy (non-hydrogen) atoms. The molecule has 3 amide bonds. The highest BCUT2D eigenvalue weighted by atomic mass is 79.9. The molecule has 8 nitrogen and oxygen atoms in total. The summed E-state index contributed by atoms with van der Waals surface area (Å²) in [6.45, 7) is 3.36. The number of aliphatic hydroxyl groups is 1. The molecule has 3 N–H and O–H groups in total. The molecule has 0 aromatic heterocycles. The van der Waals surface area contributed by atoms with Crippen molar-refractivity contribution < 1.29 is 24.2 Å². The normalized spacial score (nSPS) is 30.8. The predicted octanol–water partition coefficient (Wildman–Crippen LogP) is 3.74. The number of hydrogen-bond acceptors (Lipinski definition) is 5. The molecular formula is C27H29BrClN3O5. The Labute approximate surface area is 228 Å². The molecule has 1 spiro atoms.